The zero-order valence-electron chi connectivity index (χ0n) is 15.8. The van der Waals surface area contributed by atoms with E-state index in [0.29, 0.717) is 6.54 Å². The Morgan fingerprint density at radius 1 is 1.19 bits per heavy atom. The van der Waals surface area contributed by atoms with Crippen molar-refractivity contribution in [2.45, 2.75) is 51.7 Å². The number of nitrogens with one attached hydrogen (secondary N) is 3. The Balaban J connectivity index is 1.57. The molecule has 0 saturated heterocycles. The van der Waals surface area contributed by atoms with Gasteiger partial charge in [-0.2, -0.15) is 0 Å². The standard InChI is InChI=1S/C21H27N3O3/c1-14(2)19(24-21(26)22-13-15-7-4-3-5-8-15)20(25)23-17-9-6-10-18-16(17)11-12-27-18/h3-5,7-8,11-12,14,17,19H,6,9-10,13H2,1-2H3,(H,23,25)(H2,22,24,26). The SMILES string of the molecule is CC(C)C(NC(=O)NCc1ccccc1)C(=O)NC1CCCc2occc21. The molecule has 2 unspecified atom stereocenters. The molecule has 2 aromatic rings. The van der Waals surface area contributed by atoms with E-state index >= 15 is 0 Å². The van der Waals surface area contributed by atoms with Gasteiger partial charge < -0.3 is 20.4 Å². The summed E-state index contributed by atoms with van der Waals surface area (Å²) >= 11 is 0. The maximum atomic E-state index is 12.8. The minimum Gasteiger partial charge on any atom is -0.469 e. The predicted molar refractivity (Wildman–Crippen MR) is 103 cm³/mol. The number of hydrogen-bond donors (Lipinski definition) is 3. The lowest BCUT2D eigenvalue weighted by molar-refractivity contribution is -0.124. The number of fused-ring (bicyclic) bond motifs is 1. The number of urea groups is 1. The van der Waals surface area contributed by atoms with Crippen molar-refractivity contribution in [2.75, 3.05) is 0 Å². The summed E-state index contributed by atoms with van der Waals surface area (Å²) in [6, 6.07) is 10.6. The summed E-state index contributed by atoms with van der Waals surface area (Å²) in [5.74, 6) is 0.750. The van der Waals surface area contributed by atoms with Crippen LogP contribution in [-0.2, 0) is 17.8 Å². The van der Waals surface area contributed by atoms with Crippen LogP contribution in [0, 0.1) is 5.92 Å². The fourth-order valence-electron chi connectivity index (χ4n) is 3.40. The molecule has 2 atom stereocenters. The molecule has 1 aliphatic carbocycles. The highest BCUT2D eigenvalue weighted by Crippen LogP contribution is 2.30. The molecule has 1 aromatic carbocycles. The lowest BCUT2D eigenvalue weighted by Crippen LogP contribution is -2.53. The number of carbonyl (C=O) groups excluding carboxylic acids is 2. The van der Waals surface area contributed by atoms with Gasteiger partial charge in [-0.3, -0.25) is 4.79 Å². The second-order valence-corrected chi connectivity index (χ2v) is 7.29. The van der Waals surface area contributed by atoms with Crippen molar-refractivity contribution in [3.63, 3.8) is 0 Å². The molecule has 144 valence electrons. The van der Waals surface area contributed by atoms with Crippen LogP contribution in [0.2, 0.25) is 0 Å². The van der Waals surface area contributed by atoms with Crippen LogP contribution in [0.3, 0.4) is 0 Å². The molecular formula is C21H27N3O3. The highest BCUT2D eigenvalue weighted by Gasteiger charge is 2.29. The summed E-state index contributed by atoms with van der Waals surface area (Å²) in [7, 11) is 0. The summed E-state index contributed by atoms with van der Waals surface area (Å²) in [5.41, 5.74) is 2.05. The number of carbonyl (C=O) groups is 2. The second-order valence-electron chi connectivity index (χ2n) is 7.29. The van der Waals surface area contributed by atoms with Crippen LogP contribution in [0.15, 0.2) is 47.1 Å². The number of aryl methyl sites for hydroxylation is 1. The smallest absolute Gasteiger partial charge is 0.315 e. The third kappa shape index (κ3) is 4.90. The maximum absolute atomic E-state index is 12.8. The summed E-state index contributed by atoms with van der Waals surface area (Å²) in [6.45, 7) is 4.26. The van der Waals surface area contributed by atoms with Crippen LogP contribution < -0.4 is 16.0 Å². The van der Waals surface area contributed by atoms with E-state index in [2.05, 4.69) is 16.0 Å². The van der Waals surface area contributed by atoms with Crippen LogP contribution in [0.25, 0.3) is 0 Å². The fraction of sp³-hybridized carbons (Fsp3) is 0.429. The van der Waals surface area contributed by atoms with Crippen LogP contribution >= 0.6 is 0 Å². The van der Waals surface area contributed by atoms with E-state index < -0.39 is 6.04 Å². The topological polar surface area (TPSA) is 83.4 Å². The Morgan fingerprint density at radius 3 is 2.70 bits per heavy atom. The summed E-state index contributed by atoms with van der Waals surface area (Å²) in [5, 5.41) is 8.70. The van der Waals surface area contributed by atoms with E-state index in [9.17, 15) is 9.59 Å². The lowest BCUT2D eigenvalue weighted by atomic mass is 9.92. The van der Waals surface area contributed by atoms with Crippen LogP contribution in [-0.4, -0.2) is 18.0 Å². The summed E-state index contributed by atoms with van der Waals surface area (Å²) in [4.78, 5) is 25.1. The molecule has 1 aromatic heterocycles. The Morgan fingerprint density at radius 2 is 1.96 bits per heavy atom. The molecule has 6 heteroatoms. The molecule has 0 radical (unpaired) electrons. The highest BCUT2D eigenvalue weighted by molar-refractivity contribution is 5.87. The minimum absolute atomic E-state index is 0.0279. The Labute approximate surface area is 159 Å². The van der Waals surface area contributed by atoms with Crippen molar-refractivity contribution in [3.05, 3.63) is 59.5 Å². The zero-order valence-corrected chi connectivity index (χ0v) is 15.8. The molecule has 6 nitrogen and oxygen atoms in total. The molecule has 0 spiro atoms. The van der Waals surface area contributed by atoms with Crippen molar-refractivity contribution < 1.29 is 14.0 Å². The maximum Gasteiger partial charge on any atom is 0.315 e. The van der Waals surface area contributed by atoms with Gasteiger partial charge in [-0.05, 0) is 30.4 Å². The first-order chi connectivity index (χ1) is 13.0. The van der Waals surface area contributed by atoms with Gasteiger partial charge >= 0.3 is 6.03 Å². The second kappa shape index (κ2) is 8.75. The lowest BCUT2D eigenvalue weighted by Gasteiger charge is -2.27. The third-order valence-electron chi connectivity index (χ3n) is 4.90. The molecule has 3 amide bonds. The van der Waals surface area contributed by atoms with Crippen LogP contribution in [0.5, 0.6) is 0 Å². The van der Waals surface area contributed by atoms with E-state index in [1.165, 1.54) is 0 Å². The van der Waals surface area contributed by atoms with Crippen LogP contribution in [0.1, 0.15) is 49.6 Å². The first-order valence-corrected chi connectivity index (χ1v) is 9.49. The van der Waals surface area contributed by atoms with E-state index in [-0.39, 0.29) is 23.9 Å². The van der Waals surface area contributed by atoms with Gasteiger partial charge in [0.1, 0.15) is 11.8 Å². The van der Waals surface area contributed by atoms with Gasteiger partial charge in [-0.25, -0.2) is 4.79 Å². The van der Waals surface area contributed by atoms with Crippen molar-refractivity contribution >= 4 is 11.9 Å². The van der Waals surface area contributed by atoms with Crippen molar-refractivity contribution in [1.29, 1.82) is 0 Å². The molecule has 0 aliphatic heterocycles. The van der Waals surface area contributed by atoms with E-state index in [1.54, 1.807) is 6.26 Å². The normalized spacial score (nSPS) is 17.1. The number of rotatable bonds is 6. The first-order valence-electron chi connectivity index (χ1n) is 9.49. The molecule has 0 fully saturated rings. The van der Waals surface area contributed by atoms with E-state index in [4.69, 9.17) is 4.42 Å². The van der Waals surface area contributed by atoms with Crippen molar-refractivity contribution in [2.24, 2.45) is 5.92 Å². The number of amides is 3. The van der Waals surface area contributed by atoms with Gasteiger partial charge in [0.15, 0.2) is 0 Å². The number of benzene rings is 1. The molecule has 3 rings (SSSR count). The molecule has 1 heterocycles. The van der Waals surface area contributed by atoms with E-state index in [1.807, 2.05) is 50.2 Å². The molecular weight excluding hydrogens is 342 g/mol. The van der Waals surface area contributed by atoms with Gasteiger partial charge in [-0.1, -0.05) is 44.2 Å². The van der Waals surface area contributed by atoms with Crippen molar-refractivity contribution in [3.8, 4) is 0 Å². The molecule has 0 bridgehead atoms. The van der Waals surface area contributed by atoms with Crippen LogP contribution in [0.4, 0.5) is 4.79 Å². The third-order valence-corrected chi connectivity index (χ3v) is 4.90. The molecule has 3 N–H and O–H groups in total. The monoisotopic (exact) mass is 369 g/mol. The molecule has 0 saturated carbocycles. The largest absolute Gasteiger partial charge is 0.469 e. The highest BCUT2D eigenvalue weighted by atomic mass is 16.3. The minimum atomic E-state index is -0.599. The Hall–Kier alpha value is -2.76. The average Bonchev–Trinajstić information content (AvgIpc) is 3.15. The van der Waals surface area contributed by atoms with E-state index in [0.717, 1.165) is 36.1 Å². The van der Waals surface area contributed by atoms with Gasteiger partial charge in [-0.15, -0.1) is 0 Å². The molecule has 27 heavy (non-hydrogen) atoms. The average molecular weight is 369 g/mol. The Kier molecular flexibility index (Phi) is 6.16. The zero-order chi connectivity index (χ0) is 19.2. The number of hydrogen-bond acceptors (Lipinski definition) is 3. The molecule has 1 aliphatic rings. The summed E-state index contributed by atoms with van der Waals surface area (Å²) in [6.07, 6.45) is 4.43. The van der Waals surface area contributed by atoms with Crippen molar-refractivity contribution in [1.82, 2.24) is 16.0 Å². The predicted octanol–water partition coefficient (Wildman–Crippen LogP) is 3.30. The Bertz CT molecular complexity index is 770. The van der Waals surface area contributed by atoms with Gasteiger partial charge in [0, 0.05) is 18.5 Å². The van der Waals surface area contributed by atoms with Gasteiger partial charge in [0.05, 0.1) is 12.3 Å². The quantitative estimate of drug-likeness (QED) is 0.730. The fourth-order valence-corrected chi connectivity index (χ4v) is 3.40. The van der Waals surface area contributed by atoms with Gasteiger partial charge in [0.2, 0.25) is 5.91 Å². The summed E-state index contributed by atoms with van der Waals surface area (Å²) < 4.78 is 5.48. The number of furan rings is 1. The first kappa shape index (κ1) is 19.0. The van der Waals surface area contributed by atoms with Gasteiger partial charge in [0.25, 0.3) is 0 Å².